The molecule has 0 radical (unpaired) electrons. The Morgan fingerprint density at radius 2 is 1.94 bits per heavy atom. The highest BCUT2D eigenvalue weighted by Crippen LogP contribution is 2.32. The number of carbonyl (C=O) groups excluding carboxylic acids is 1. The number of amidine groups is 1. The number of thioether (sulfide) groups is 1. The summed E-state index contributed by atoms with van der Waals surface area (Å²) in [4.78, 5) is 28.0. The van der Waals surface area contributed by atoms with Crippen LogP contribution in [0.25, 0.3) is 6.08 Å². The summed E-state index contributed by atoms with van der Waals surface area (Å²) in [5.41, 5.74) is 1.45. The lowest BCUT2D eigenvalue weighted by atomic mass is 10.2. The highest BCUT2D eigenvalue weighted by atomic mass is 32.2. The van der Waals surface area contributed by atoms with Gasteiger partial charge in [0.05, 0.1) is 37.3 Å². The van der Waals surface area contributed by atoms with Gasteiger partial charge < -0.3 is 24.6 Å². The number of amides is 1. The Bertz CT molecular complexity index is 1020. The first-order chi connectivity index (χ1) is 15.0. The number of hydrogen-bond acceptors (Lipinski definition) is 7. The molecule has 1 aliphatic rings. The van der Waals surface area contributed by atoms with Crippen LogP contribution in [-0.2, 0) is 9.59 Å². The van der Waals surface area contributed by atoms with Crippen LogP contribution in [0.2, 0.25) is 0 Å². The molecule has 0 bridgehead atoms. The Morgan fingerprint density at radius 3 is 2.61 bits per heavy atom. The van der Waals surface area contributed by atoms with E-state index in [9.17, 15) is 9.59 Å². The number of nitrogens with one attached hydrogen (secondary N) is 1. The van der Waals surface area contributed by atoms with Crippen LogP contribution in [-0.4, -0.2) is 42.5 Å². The van der Waals surface area contributed by atoms with Crippen molar-refractivity contribution in [2.45, 2.75) is 13.3 Å². The molecule has 1 amide bonds. The number of benzene rings is 2. The third kappa shape index (κ3) is 6.26. The Morgan fingerprint density at radius 1 is 1.16 bits per heavy atom. The van der Waals surface area contributed by atoms with E-state index in [0.29, 0.717) is 33.9 Å². The maximum Gasteiger partial charge on any atom is 0.306 e. The van der Waals surface area contributed by atoms with E-state index >= 15 is 0 Å². The lowest BCUT2D eigenvalue weighted by molar-refractivity contribution is -0.137. The first-order valence-electron chi connectivity index (χ1n) is 9.53. The third-order valence-corrected chi connectivity index (χ3v) is 5.00. The van der Waals surface area contributed by atoms with Gasteiger partial charge in [0.15, 0.2) is 16.7 Å². The zero-order chi connectivity index (χ0) is 22.2. The molecule has 2 aromatic rings. The van der Waals surface area contributed by atoms with E-state index in [1.807, 2.05) is 6.92 Å². The molecule has 1 saturated heterocycles. The van der Waals surface area contributed by atoms with Gasteiger partial charge in [0, 0.05) is 0 Å². The van der Waals surface area contributed by atoms with E-state index < -0.39 is 5.97 Å². The van der Waals surface area contributed by atoms with E-state index in [1.54, 1.807) is 55.7 Å². The van der Waals surface area contributed by atoms with Crippen molar-refractivity contribution < 1.29 is 28.9 Å². The van der Waals surface area contributed by atoms with Gasteiger partial charge in [0.2, 0.25) is 0 Å². The maximum absolute atomic E-state index is 12.3. The standard InChI is InChI=1S/C22H22N2O6S/c1-3-29-18-12-14(4-9-17(18)30-11-10-20(25)26)13-19-21(27)24-22(31-19)23-15-5-7-16(28-2)8-6-15/h4-9,12-13H,3,10-11H2,1-2H3,(H,25,26)(H,23,24,27)/b19-13+. The Hall–Kier alpha value is -3.46. The first-order valence-corrected chi connectivity index (χ1v) is 10.3. The first kappa shape index (κ1) is 22.2. The summed E-state index contributed by atoms with van der Waals surface area (Å²) >= 11 is 1.24. The quantitative estimate of drug-likeness (QED) is 0.568. The fraction of sp³-hybridized carbons (Fsp3) is 0.227. The number of methoxy groups -OCH3 is 1. The van der Waals surface area contributed by atoms with Crippen molar-refractivity contribution in [2.24, 2.45) is 4.99 Å². The van der Waals surface area contributed by atoms with Gasteiger partial charge in [-0.1, -0.05) is 6.07 Å². The predicted molar refractivity (Wildman–Crippen MR) is 119 cm³/mol. The number of carboxylic acid groups (broad SMARTS) is 1. The summed E-state index contributed by atoms with van der Waals surface area (Å²) in [7, 11) is 1.59. The average molecular weight is 442 g/mol. The minimum atomic E-state index is -0.935. The van der Waals surface area contributed by atoms with Crippen LogP contribution in [0.3, 0.4) is 0 Å². The number of hydrogen-bond donors (Lipinski definition) is 2. The summed E-state index contributed by atoms with van der Waals surface area (Å²) in [5.74, 6) is 0.495. The number of nitrogens with zero attached hydrogens (tertiary/aromatic N) is 1. The van der Waals surface area contributed by atoms with Crippen molar-refractivity contribution in [3.8, 4) is 17.2 Å². The van der Waals surface area contributed by atoms with Gasteiger partial charge in [-0.25, -0.2) is 4.99 Å². The van der Waals surface area contributed by atoms with Crippen molar-refractivity contribution >= 4 is 40.6 Å². The molecule has 3 rings (SSSR count). The van der Waals surface area contributed by atoms with Gasteiger partial charge in [0.25, 0.3) is 5.91 Å². The molecule has 2 aromatic carbocycles. The molecule has 0 saturated carbocycles. The summed E-state index contributed by atoms with van der Waals surface area (Å²) in [6, 6.07) is 12.4. The van der Waals surface area contributed by atoms with Gasteiger partial charge in [-0.3, -0.25) is 9.59 Å². The summed E-state index contributed by atoms with van der Waals surface area (Å²) in [6.07, 6.45) is 1.63. The van der Waals surface area contributed by atoms with Crippen molar-refractivity contribution in [3.63, 3.8) is 0 Å². The van der Waals surface area contributed by atoms with Crippen molar-refractivity contribution in [3.05, 3.63) is 52.9 Å². The SMILES string of the molecule is CCOc1cc(/C=C2/SC(=Nc3ccc(OC)cc3)NC2=O)ccc1OCCC(=O)O. The molecule has 0 spiro atoms. The Labute approximate surface area is 183 Å². The third-order valence-electron chi connectivity index (χ3n) is 4.09. The number of ether oxygens (including phenoxy) is 3. The lowest BCUT2D eigenvalue weighted by Gasteiger charge is -2.12. The van der Waals surface area contributed by atoms with Crippen LogP contribution in [0.4, 0.5) is 5.69 Å². The molecule has 0 aliphatic carbocycles. The second-order valence-corrected chi connectivity index (χ2v) is 7.34. The van der Waals surface area contributed by atoms with Crippen LogP contribution in [0.15, 0.2) is 52.4 Å². The Balaban J connectivity index is 1.75. The molecule has 1 aliphatic heterocycles. The number of carbonyl (C=O) groups is 2. The smallest absolute Gasteiger partial charge is 0.306 e. The summed E-state index contributed by atoms with van der Waals surface area (Å²) in [5, 5.41) is 12.0. The molecule has 9 heteroatoms. The van der Waals surface area contributed by atoms with Gasteiger partial charge in [-0.05, 0) is 66.7 Å². The molecule has 0 atom stereocenters. The molecule has 1 fully saturated rings. The van der Waals surface area contributed by atoms with Gasteiger partial charge in [0.1, 0.15) is 5.75 Å². The molecule has 31 heavy (non-hydrogen) atoms. The number of carboxylic acids is 1. The zero-order valence-electron chi connectivity index (χ0n) is 17.1. The highest BCUT2D eigenvalue weighted by molar-refractivity contribution is 8.18. The number of aliphatic carboxylic acids is 1. The number of aliphatic imine (C=N–C) groups is 1. The minimum absolute atomic E-state index is 0.0410. The molecular weight excluding hydrogens is 420 g/mol. The second kappa shape index (κ2) is 10.5. The molecule has 1 heterocycles. The van der Waals surface area contributed by atoms with E-state index in [4.69, 9.17) is 19.3 Å². The van der Waals surface area contributed by atoms with E-state index in [0.717, 1.165) is 11.3 Å². The van der Waals surface area contributed by atoms with E-state index in [-0.39, 0.29) is 18.9 Å². The van der Waals surface area contributed by atoms with Crippen LogP contribution < -0.4 is 19.5 Å². The topological polar surface area (TPSA) is 106 Å². The normalized spacial score (nSPS) is 15.7. The molecule has 0 aromatic heterocycles. The van der Waals surface area contributed by atoms with Crippen LogP contribution in [0.5, 0.6) is 17.2 Å². The lowest BCUT2D eigenvalue weighted by Crippen LogP contribution is -2.19. The Kier molecular flexibility index (Phi) is 7.55. The fourth-order valence-corrected chi connectivity index (χ4v) is 3.50. The van der Waals surface area contributed by atoms with Gasteiger partial charge in [-0.2, -0.15) is 0 Å². The molecule has 8 nitrogen and oxygen atoms in total. The predicted octanol–water partition coefficient (Wildman–Crippen LogP) is 3.84. The molecule has 162 valence electrons. The van der Waals surface area contributed by atoms with Crippen molar-refractivity contribution in [2.75, 3.05) is 20.3 Å². The van der Waals surface area contributed by atoms with Gasteiger partial charge >= 0.3 is 5.97 Å². The number of rotatable bonds is 9. The summed E-state index contributed by atoms with van der Waals surface area (Å²) < 4.78 is 16.2. The monoisotopic (exact) mass is 442 g/mol. The van der Waals surface area contributed by atoms with E-state index in [1.165, 1.54) is 11.8 Å². The second-order valence-electron chi connectivity index (χ2n) is 6.31. The molecule has 2 N–H and O–H groups in total. The summed E-state index contributed by atoms with van der Waals surface area (Å²) in [6.45, 7) is 2.30. The largest absolute Gasteiger partial charge is 0.497 e. The van der Waals surface area contributed by atoms with Crippen molar-refractivity contribution in [1.82, 2.24) is 5.32 Å². The highest BCUT2D eigenvalue weighted by Gasteiger charge is 2.24. The van der Waals surface area contributed by atoms with Crippen LogP contribution >= 0.6 is 11.8 Å². The molecular formula is C22H22N2O6S. The fourth-order valence-electron chi connectivity index (χ4n) is 2.66. The van der Waals surface area contributed by atoms with Crippen LogP contribution in [0.1, 0.15) is 18.9 Å². The van der Waals surface area contributed by atoms with Crippen molar-refractivity contribution in [1.29, 1.82) is 0 Å². The minimum Gasteiger partial charge on any atom is -0.497 e. The van der Waals surface area contributed by atoms with Crippen LogP contribution in [0, 0.1) is 0 Å². The molecule has 0 unspecified atom stereocenters. The van der Waals surface area contributed by atoms with Gasteiger partial charge in [-0.15, -0.1) is 0 Å². The zero-order valence-corrected chi connectivity index (χ0v) is 17.9. The van der Waals surface area contributed by atoms with E-state index in [2.05, 4.69) is 10.3 Å². The maximum atomic E-state index is 12.3. The average Bonchev–Trinajstić information content (AvgIpc) is 3.08.